The van der Waals surface area contributed by atoms with Gasteiger partial charge in [0.15, 0.2) is 0 Å². The molecule has 3 aliphatic rings. The molecule has 0 heterocycles. The molecule has 2 nitrogen and oxygen atoms in total. The van der Waals surface area contributed by atoms with Crippen molar-refractivity contribution < 1.29 is 10.2 Å². The molecule has 1 aromatic carbocycles. The maximum absolute atomic E-state index is 10.4. The fourth-order valence-corrected chi connectivity index (χ4v) is 5.91. The smallest absolute Gasteiger partial charge is 0.130 e. The van der Waals surface area contributed by atoms with Gasteiger partial charge in [0.25, 0.3) is 0 Å². The molecule has 3 aliphatic carbocycles. The zero-order valence-electron chi connectivity index (χ0n) is 12.5. The highest BCUT2D eigenvalue weighted by atomic mass is 79.9. The molecule has 0 bridgehead atoms. The molecule has 0 saturated heterocycles. The molecule has 0 unspecified atom stereocenters. The third-order valence-corrected chi connectivity index (χ3v) is 7.38. The highest BCUT2D eigenvalue weighted by Gasteiger charge is 2.54. The molecule has 0 spiro atoms. The lowest BCUT2D eigenvalue weighted by Gasteiger charge is -2.50. The lowest BCUT2D eigenvalue weighted by atomic mass is 9.55. The van der Waals surface area contributed by atoms with Crippen molar-refractivity contribution in [2.24, 2.45) is 17.3 Å². The fourth-order valence-electron chi connectivity index (χ4n) is 5.55. The number of aryl methyl sites for hydroxylation is 1. The Hall–Kier alpha value is -0.540. The van der Waals surface area contributed by atoms with Crippen LogP contribution in [0.3, 0.4) is 0 Å². The van der Waals surface area contributed by atoms with Gasteiger partial charge in [-0.1, -0.05) is 6.92 Å². The molecule has 3 heteroatoms. The second kappa shape index (κ2) is 4.73. The number of phenols is 1. The van der Waals surface area contributed by atoms with Gasteiger partial charge in [-0.2, -0.15) is 0 Å². The first-order valence-electron chi connectivity index (χ1n) is 8.20. The zero-order valence-corrected chi connectivity index (χ0v) is 14.1. The Kier molecular flexibility index (Phi) is 3.17. The average molecular weight is 351 g/mol. The Morgan fingerprint density at radius 3 is 2.81 bits per heavy atom. The van der Waals surface area contributed by atoms with Crippen LogP contribution in [-0.4, -0.2) is 16.3 Å². The normalized spacial score (nSPS) is 41.3. The van der Waals surface area contributed by atoms with Crippen LogP contribution in [0.15, 0.2) is 16.6 Å². The van der Waals surface area contributed by atoms with Crippen molar-refractivity contribution in [2.45, 2.75) is 57.5 Å². The molecule has 0 radical (unpaired) electrons. The van der Waals surface area contributed by atoms with E-state index >= 15 is 0 Å². The summed E-state index contributed by atoms with van der Waals surface area (Å²) in [6, 6.07) is 4.10. The molecule has 114 valence electrons. The fraction of sp³-hybridized carbons (Fsp3) is 0.667. The Labute approximate surface area is 134 Å². The van der Waals surface area contributed by atoms with E-state index in [1.54, 1.807) is 0 Å². The highest BCUT2D eigenvalue weighted by molar-refractivity contribution is 9.10. The second-order valence-corrected chi connectivity index (χ2v) is 8.41. The molecule has 21 heavy (non-hydrogen) atoms. The summed E-state index contributed by atoms with van der Waals surface area (Å²) in [5.41, 5.74) is 2.92. The van der Waals surface area contributed by atoms with Gasteiger partial charge in [-0.15, -0.1) is 0 Å². The van der Waals surface area contributed by atoms with E-state index in [0.29, 0.717) is 23.5 Å². The summed E-state index contributed by atoms with van der Waals surface area (Å²) in [6.07, 6.45) is 6.67. The highest BCUT2D eigenvalue weighted by Crippen LogP contribution is 2.61. The lowest BCUT2D eigenvalue weighted by Crippen LogP contribution is -2.43. The van der Waals surface area contributed by atoms with Crippen molar-refractivity contribution in [1.82, 2.24) is 0 Å². The Balaban J connectivity index is 1.73. The van der Waals surface area contributed by atoms with E-state index in [-0.39, 0.29) is 11.5 Å². The van der Waals surface area contributed by atoms with Crippen molar-refractivity contribution in [3.05, 3.63) is 27.7 Å². The van der Waals surface area contributed by atoms with Crippen LogP contribution in [-0.2, 0) is 6.42 Å². The summed E-state index contributed by atoms with van der Waals surface area (Å²) in [7, 11) is 0. The van der Waals surface area contributed by atoms with Crippen LogP contribution < -0.4 is 0 Å². The van der Waals surface area contributed by atoms with E-state index in [9.17, 15) is 10.2 Å². The maximum Gasteiger partial charge on any atom is 0.130 e. The van der Waals surface area contributed by atoms with Crippen molar-refractivity contribution in [1.29, 1.82) is 0 Å². The number of aliphatic hydroxyl groups is 1. The molecular weight excluding hydrogens is 328 g/mol. The lowest BCUT2D eigenvalue weighted by molar-refractivity contribution is -0.0226. The minimum atomic E-state index is -0.101. The van der Waals surface area contributed by atoms with Gasteiger partial charge >= 0.3 is 0 Å². The quantitative estimate of drug-likeness (QED) is 0.729. The van der Waals surface area contributed by atoms with Crippen molar-refractivity contribution in [3.63, 3.8) is 0 Å². The Morgan fingerprint density at radius 2 is 2.00 bits per heavy atom. The first-order chi connectivity index (χ1) is 10.0. The maximum atomic E-state index is 10.4. The molecule has 0 aliphatic heterocycles. The molecule has 5 atom stereocenters. The van der Waals surface area contributed by atoms with Crippen molar-refractivity contribution in [3.8, 4) is 5.75 Å². The van der Waals surface area contributed by atoms with Gasteiger partial charge in [-0.25, -0.2) is 0 Å². The van der Waals surface area contributed by atoms with Gasteiger partial charge < -0.3 is 10.2 Å². The number of hydrogen-bond donors (Lipinski definition) is 2. The number of aliphatic hydroxyl groups excluding tert-OH is 1. The van der Waals surface area contributed by atoms with Crippen LogP contribution >= 0.6 is 15.9 Å². The number of hydrogen-bond acceptors (Lipinski definition) is 2. The summed E-state index contributed by atoms with van der Waals surface area (Å²) in [6.45, 7) is 2.31. The summed E-state index contributed by atoms with van der Waals surface area (Å²) in [4.78, 5) is 0. The Bertz CT molecular complexity index is 585. The predicted octanol–water partition coefficient (Wildman–Crippen LogP) is 4.37. The van der Waals surface area contributed by atoms with Crippen molar-refractivity contribution >= 4 is 15.9 Å². The van der Waals surface area contributed by atoms with Crippen LogP contribution in [0.4, 0.5) is 0 Å². The van der Waals surface area contributed by atoms with Crippen LogP contribution in [0.2, 0.25) is 0 Å². The van der Waals surface area contributed by atoms with Gasteiger partial charge in [0.2, 0.25) is 0 Å². The van der Waals surface area contributed by atoms with Crippen LogP contribution in [0.1, 0.15) is 56.1 Å². The van der Waals surface area contributed by atoms with E-state index in [0.717, 1.165) is 23.7 Å². The number of rotatable bonds is 0. The second-order valence-electron chi connectivity index (χ2n) is 7.56. The monoisotopic (exact) mass is 350 g/mol. The largest absolute Gasteiger partial charge is 0.507 e. The predicted molar refractivity (Wildman–Crippen MR) is 86.4 cm³/mol. The molecule has 0 amide bonds. The molecule has 2 saturated carbocycles. The van der Waals surface area contributed by atoms with E-state index in [1.165, 1.54) is 30.4 Å². The van der Waals surface area contributed by atoms with Crippen molar-refractivity contribution in [2.75, 3.05) is 0 Å². The number of fused-ring (bicyclic) bond motifs is 5. The summed E-state index contributed by atoms with van der Waals surface area (Å²) in [5.74, 6) is 2.37. The standard InChI is InChI=1S/C18H23BrO2/c1-18-7-6-11-12(14(18)4-5-17(18)21)3-2-10-8-16(20)15(19)9-13(10)11/h8-9,11-12,14,17,20-21H,2-7H2,1H3/t11-,12-,14+,17+,18+/m1/s1. The molecule has 1 aromatic rings. The van der Waals surface area contributed by atoms with Crippen LogP contribution in [0, 0.1) is 17.3 Å². The third kappa shape index (κ3) is 1.93. The van der Waals surface area contributed by atoms with Gasteiger partial charge in [-0.3, -0.25) is 0 Å². The topological polar surface area (TPSA) is 40.5 Å². The average Bonchev–Trinajstić information content (AvgIpc) is 2.76. The summed E-state index contributed by atoms with van der Waals surface area (Å²) in [5, 5.41) is 20.3. The first-order valence-corrected chi connectivity index (χ1v) is 8.99. The molecule has 2 N–H and O–H groups in total. The zero-order chi connectivity index (χ0) is 14.8. The van der Waals surface area contributed by atoms with Crippen LogP contribution in [0.5, 0.6) is 5.75 Å². The molecule has 0 aromatic heterocycles. The van der Waals surface area contributed by atoms with E-state index in [2.05, 4.69) is 28.9 Å². The number of aromatic hydroxyl groups is 1. The van der Waals surface area contributed by atoms with E-state index in [1.807, 2.05) is 6.07 Å². The molecular formula is C18H23BrO2. The van der Waals surface area contributed by atoms with E-state index in [4.69, 9.17) is 0 Å². The molecule has 2 fully saturated rings. The Morgan fingerprint density at radius 1 is 1.19 bits per heavy atom. The summed E-state index contributed by atoms with van der Waals surface area (Å²) < 4.78 is 0.821. The minimum Gasteiger partial charge on any atom is -0.507 e. The van der Waals surface area contributed by atoms with Gasteiger partial charge in [0.05, 0.1) is 10.6 Å². The number of halogens is 1. The van der Waals surface area contributed by atoms with Gasteiger partial charge in [0, 0.05) is 0 Å². The third-order valence-electron chi connectivity index (χ3n) is 6.74. The number of benzene rings is 1. The summed E-state index contributed by atoms with van der Waals surface area (Å²) >= 11 is 3.48. The minimum absolute atomic E-state index is 0.101. The van der Waals surface area contributed by atoms with Gasteiger partial charge in [-0.05, 0) is 101 Å². The van der Waals surface area contributed by atoms with E-state index < -0.39 is 0 Å². The SMILES string of the molecule is C[C@]12CC[C@H]3c4cc(Br)c(O)cc4CC[C@H]3[C@@H]1CC[C@@H]2O. The van der Waals surface area contributed by atoms with Crippen LogP contribution in [0.25, 0.3) is 0 Å². The number of phenolic OH excluding ortho intramolecular Hbond substituents is 1. The first kappa shape index (κ1) is 14.1. The van der Waals surface area contributed by atoms with Gasteiger partial charge in [0.1, 0.15) is 5.75 Å². The molecule has 4 rings (SSSR count).